The first-order chi connectivity index (χ1) is 9.24. The van der Waals surface area contributed by atoms with Crippen LogP contribution in [-0.2, 0) is 0 Å². The highest BCUT2D eigenvalue weighted by atomic mass is 15.1. The predicted octanol–water partition coefficient (Wildman–Crippen LogP) is 3.19. The van der Waals surface area contributed by atoms with Gasteiger partial charge in [0.2, 0.25) is 0 Å². The second-order valence-electron chi connectivity index (χ2n) is 4.76. The Labute approximate surface area is 112 Å². The molecule has 0 fully saturated rings. The molecule has 0 aliphatic rings. The number of nitrogens with zero attached hydrogens (tertiary/aromatic N) is 3. The van der Waals surface area contributed by atoms with Gasteiger partial charge in [-0.05, 0) is 25.5 Å². The van der Waals surface area contributed by atoms with Crippen molar-refractivity contribution < 1.29 is 0 Å². The number of benzene rings is 1. The van der Waals surface area contributed by atoms with Crippen molar-refractivity contribution in [2.75, 3.05) is 0 Å². The summed E-state index contributed by atoms with van der Waals surface area (Å²) in [5.41, 5.74) is 4.41. The summed E-state index contributed by atoms with van der Waals surface area (Å²) in [6.07, 6.45) is 5.64. The molecule has 0 aliphatic heterocycles. The van der Waals surface area contributed by atoms with E-state index < -0.39 is 0 Å². The summed E-state index contributed by atoms with van der Waals surface area (Å²) < 4.78 is 2.11. The molecule has 0 amide bonds. The highest BCUT2D eigenvalue weighted by Crippen LogP contribution is 2.21. The zero-order valence-electron chi connectivity index (χ0n) is 11.0. The topological polar surface area (TPSA) is 46.5 Å². The zero-order valence-corrected chi connectivity index (χ0v) is 11.0. The van der Waals surface area contributed by atoms with Crippen LogP contribution in [0.1, 0.15) is 24.1 Å². The molecule has 0 saturated heterocycles. The van der Waals surface area contributed by atoms with Crippen molar-refractivity contribution in [1.29, 1.82) is 0 Å². The average Bonchev–Trinajstić information content (AvgIpc) is 3.10. The van der Waals surface area contributed by atoms with Crippen molar-refractivity contribution in [3.8, 4) is 11.4 Å². The molecular weight excluding hydrogens is 236 g/mol. The van der Waals surface area contributed by atoms with Gasteiger partial charge in [-0.1, -0.05) is 29.8 Å². The minimum atomic E-state index is 0.268. The molecule has 96 valence electrons. The molecule has 0 aliphatic carbocycles. The fourth-order valence-electron chi connectivity index (χ4n) is 2.10. The minimum absolute atomic E-state index is 0.268. The van der Waals surface area contributed by atoms with Gasteiger partial charge in [-0.15, -0.1) is 0 Å². The van der Waals surface area contributed by atoms with Crippen LogP contribution in [-0.4, -0.2) is 19.7 Å². The van der Waals surface area contributed by atoms with E-state index in [1.54, 1.807) is 6.20 Å². The van der Waals surface area contributed by atoms with Crippen LogP contribution in [0.25, 0.3) is 11.4 Å². The van der Waals surface area contributed by atoms with Gasteiger partial charge in [-0.3, -0.25) is 5.10 Å². The molecule has 0 spiro atoms. The molecule has 1 N–H and O–H groups in total. The van der Waals surface area contributed by atoms with Gasteiger partial charge in [0.05, 0.1) is 18.1 Å². The Balaban J connectivity index is 1.88. The Morgan fingerprint density at radius 2 is 1.95 bits per heavy atom. The SMILES string of the molecule is Cc1ccc(C(C)n2cnc(-c3ccn[nH]3)c2)cc1. The van der Waals surface area contributed by atoms with E-state index in [-0.39, 0.29) is 6.04 Å². The smallest absolute Gasteiger partial charge is 0.106 e. The first kappa shape index (κ1) is 11.7. The van der Waals surface area contributed by atoms with Crippen LogP contribution >= 0.6 is 0 Å². The van der Waals surface area contributed by atoms with Gasteiger partial charge in [0.15, 0.2) is 0 Å². The molecular formula is C15H16N4. The van der Waals surface area contributed by atoms with Crippen LogP contribution < -0.4 is 0 Å². The van der Waals surface area contributed by atoms with Gasteiger partial charge < -0.3 is 4.57 Å². The molecule has 4 nitrogen and oxygen atoms in total. The third-order valence-electron chi connectivity index (χ3n) is 3.39. The summed E-state index contributed by atoms with van der Waals surface area (Å²) in [5, 5.41) is 6.87. The number of aromatic nitrogens is 4. The monoisotopic (exact) mass is 252 g/mol. The lowest BCUT2D eigenvalue weighted by molar-refractivity contribution is 0.638. The number of imidazole rings is 1. The Bertz CT molecular complexity index is 650. The standard InChI is InChI=1S/C15H16N4/c1-11-3-5-13(6-4-11)12(2)19-9-15(16-10-19)14-7-8-17-18-14/h3-10,12H,1-2H3,(H,17,18). The zero-order chi connectivity index (χ0) is 13.2. The maximum absolute atomic E-state index is 4.41. The molecule has 0 saturated carbocycles. The number of rotatable bonds is 3. The third kappa shape index (κ3) is 2.29. The fourth-order valence-corrected chi connectivity index (χ4v) is 2.10. The van der Waals surface area contributed by atoms with Gasteiger partial charge in [-0.2, -0.15) is 5.10 Å². The number of nitrogens with one attached hydrogen (secondary N) is 1. The first-order valence-electron chi connectivity index (χ1n) is 6.34. The molecule has 2 heterocycles. The maximum atomic E-state index is 4.41. The molecule has 0 bridgehead atoms. The fraction of sp³-hybridized carbons (Fsp3) is 0.200. The van der Waals surface area contributed by atoms with Crippen molar-refractivity contribution in [1.82, 2.24) is 19.7 Å². The van der Waals surface area contributed by atoms with Gasteiger partial charge in [0, 0.05) is 12.4 Å². The lowest BCUT2D eigenvalue weighted by atomic mass is 10.1. The summed E-state index contributed by atoms with van der Waals surface area (Å²) >= 11 is 0. The van der Waals surface area contributed by atoms with Crippen molar-refractivity contribution in [2.45, 2.75) is 19.9 Å². The van der Waals surface area contributed by atoms with Crippen LogP contribution in [0, 0.1) is 6.92 Å². The Hall–Kier alpha value is -2.36. The van der Waals surface area contributed by atoms with Crippen molar-refractivity contribution in [3.05, 3.63) is 60.2 Å². The number of hydrogen-bond acceptors (Lipinski definition) is 2. The summed E-state index contributed by atoms with van der Waals surface area (Å²) in [4.78, 5) is 4.41. The van der Waals surface area contributed by atoms with Gasteiger partial charge in [0.25, 0.3) is 0 Å². The Morgan fingerprint density at radius 3 is 2.63 bits per heavy atom. The summed E-state index contributed by atoms with van der Waals surface area (Å²) in [5.74, 6) is 0. The first-order valence-corrected chi connectivity index (χ1v) is 6.34. The van der Waals surface area contributed by atoms with E-state index >= 15 is 0 Å². The van der Waals surface area contributed by atoms with Crippen LogP contribution in [0.2, 0.25) is 0 Å². The number of hydrogen-bond donors (Lipinski definition) is 1. The molecule has 4 heteroatoms. The minimum Gasteiger partial charge on any atom is -0.330 e. The van der Waals surface area contributed by atoms with Gasteiger partial charge in [0.1, 0.15) is 5.69 Å². The largest absolute Gasteiger partial charge is 0.330 e. The molecule has 19 heavy (non-hydrogen) atoms. The summed E-state index contributed by atoms with van der Waals surface area (Å²) in [6, 6.07) is 10.8. The van der Waals surface area contributed by atoms with E-state index in [4.69, 9.17) is 0 Å². The van der Waals surface area contributed by atoms with Crippen LogP contribution in [0.5, 0.6) is 0 Å². The van der Waals surface area contributed by atoms with E-state index in [2.05, 4.69) is 57.9 Å². The lowest BCUT2D eigenvalue weighted by Crippen LogP contribution is -2.03. The second-order valence-corrected chi connectivity index (χ2v) is 4.76. The molecule has 2 aromatic heterocycles. The Morgan fingerprint density at radius 1 is 1.16 bits per heavy atom. The number of H-pyrrole nitrogens is 1. The van der Waals surface area contributed by atoms with E-state index in [1.807, 2.05) is 18.6 Å². The third-order valence-corrected chi connectivity index (χ3v) is 3.39. The van der Waals surface area contributed by atoms with Crippen LogP contribution in [0.4, 0.5) is 0 Å². The summed E-state index contributed by atoms with van der Waals surface area (Å²) in [7, 11) is 0. The van der Waals surface area contributed by atoms with Crippen molar-refractivity contribution >= 4 is 0 Å². The van der Waals surface area contributed by atoms with E-state index in [0.717, 1.165) is 11.4 Å². The average molecular weight is 252 g/mol. The van der Waals surface area contributed by atoms with Gasteiger partial charge >= 0.3 is 0 Å². The van der Waals surface area contributed by atoms with E-state index in [0.29, 0.717) is 0 Å². The molecule has 3 aromatic rings. The second kappa shape index (κ2) is 4.72. The highest BCUT2D eigenvalue weighted by Gasteiger charge is 2.10. The Kier molecular flexibility index (Phi) is 2.91. The molecule has 1 aromatic carbocycles. The lowest BCUT2D eigenvalue weighted by Gasteiger charge is -2.13. The quantitative estimate of drug-likeness (QED) is 0.778. The molecule has 3 rings (SSSR count). The van der Waals surface area contributed by atoms with E-state index in [1.165, 1.54) is 11.1 Å². The van der Waals surface area contributed by atoms with Crippen molar-refractivity contribution in [2.24, 2.45) is 0 Å². The molecule has 1 unspecified atom stereocenters. The number of aryl methyl sites for hydroxylation is 1. The number of aromatic amines is 1. The normalized spacial score (nSPS) is 12.5. The van der Waals surface area contributed by atoms with Crippen molar-refractivity contribution in [3.63, 3.8) is 0 Å². The predicted molar refractivity (Wildman–Crippen MR) is 74.8 cm³/mol. The van der Waals surface area contributed by atoms with E-state index in [9.17, 15) is 0 Å². The molecule has 0 radical (unpaired) electrons. The highest BCUT2D eigenvalue weighted by molar-refractivity contribution is 5.51. The molecule has 1 atom stereocenters. The van der Waals surface area contributed by atoms with Gasteiger partial charge in [-0.25, -0.2) is 4.98 Å². The van der Waals surface area contributed by atoms with Crippen LogP contribution in [0.15, 0.2) is 49.1 Å². The van der Waals surface area contributed by atoms with Crippen LogP contribution in [0.3, 0.4) is 0 Å². The maximum Gasteiger partial charge on any atom is 0.106 e. The summed E-state index contributed by atoms with van der Waals surface area (Å²) in [6.45, 7) is 4.27.